The van der Waals surface area contributed by atoms with Gasteiger partial charge in [0.2, 0.25) is 0 Å². The summed E-state index contributed by atoms with van der Waals surface area (Å²) in [5, 5.41) is 7.89. The number of amidine groups is 1. The van der Waals surface area contributed by atoms with E-state index in [-0.39, 0.29) is 5.84 Å². The number of aryl methyl sites for hydroxylation is 2. The normalized spacial score (nSPS) is 22.4. The molecule has 0 saturated carbocycles. The first kappa shape index (κ1) is 13.4. The number of aromatic nitrogens is 1. The Hall–Kier alpha value is -1.58. The van der Waals surface area contributed by atoms with Crippen LogP contribution in [0, 0.1) is 5.41 Å². The molecule has 3 rings (SSSR count). The second-order valence-electron chi connectivity index (χ2n) is 6.12. The highest BCUT2D eigenvalue weighted by molar-refractivity contribution is 6.00. The third-order valence-corrected chi connectivity index (χ3v) is 4.65. The molecule has 1 saturated heterocycles. The summed E-state index contributed by atoms with van der Waals surface area (Å²) in [4.78, 5) is 7.27. The van der Waals surface area contributed by atoms with E-state index in [1.54, 1.807) is 0 Å². The lowest BCUT2D eigenvalue weighted by molar-refractivity contribution is 0.610. The van der Waals surface area contributed by atoms with Gasteiger partial charge in [0.1, 0.15) is 11.7 Å². The van der Waals surface area contributed by atoms with E-state index >= 15 is 0 Å². The van der Waals surface area contributed by atoms with Crippen molar-refractivity contribution in [3.8, 4) is 0 Å². The second-order valence-corrected chi connectivity index (χ2v) is 6.12. The second kappa shape index (κ2) is 5.43. The highest BCUT2D eigenvalue weighted by atomic mass is 15.2. The number of nitrogens with zero attached hydrogens (tertiary/aromatic N) is 2. The van der Waals surface area contributed by atoms with Crippen molar-refractivity contribution in [1.29, 1.82) is 5.41 Å². The number of nitrogens with two attached hydrogens (primary N) is 1. The quantitative estimate of drug-likeness (QED) is 0.642. The zero-order valence-electron chi connectivity index (χ0n) is 12.3. The molecule has 1 fully saturated rings. The van der Waals surface area contributed by atoms with Crippen LogP contribution in [0.1, 0.15) is 55.8 Å². The molecule has 0 aromatic carbocycles. The Kier molecular flexibility index (Phi) is 3.64. The molecule has 2 aliphatic rings. The Bertz CT molecular complexity index is 523. The highest BCUT2D eigenvalue weighted by Gasteiger charge is 2.25. The zero-order chi connectivity index (χ0) is 14.1. The van der Waals surface area contributed by atoms with Crippen LogP contribution >= 0.6 is 0 Å². The molecule has 0 radical (unpaired) electrons. The van der Waals surface area contributed by atoms with Gasteiger partial charge in [-0.3, -0.25) is 5.41 Å². The highest BCUT2D eigenvalue weighted by Crippen LogP contribution is 2.30. The minimum absolute atomic E-state index is 0.152. The monoisotopic (exact) mass is 272 g/mol. The van der Waals surface area contributed by atoms with Crippen LogP contribution in [0.25, 0.3) is 0 Å². The summed E-state index contributed by atoms with van der Waals surface area (Å²) in [7, 11) is 0. The van der Waals surface area contributed by atoms with Crippen molar-refractivity contribution in [3.63, 3.8) is 0 Å². The summed E-state index contributed by atoms with van der Waals surface area (Å²) in [6.45, 7) is 3.30. The molecule has 1 unspecified atom stereocenters. The predicted octanol–water partition coefficient (Wildman–Crippen LogP) is 2.62. The van der Waals surface area contributed by atoms with Crippen LogP contribution in [0.15, 0.2) is 6.07 Å². The van der Waals surface area contributed by atoms with Crippen molar-refractivity contribution in [3.05, 3.63) is 22.9 Å². The Balaban J connectivity index is 2.04. The van der Waals surface area contributed by atoms with Crippen LogP contribution in [0.5, 0.6) is 0 Å². The van der Waals surface area contributed by atoms with Gasteiger partial charge in [0.25, 0.3) is 0 Å². The predicted molar refractivity (Wildman–Crippen MR) is 82.6 cm³/mol. The topological polar surface area (TPSA) is 66.0 Å². The molecule has 3 N–H and O–H groups in total. The van der Waals surface area contributed by atoms with Gasteiger partial charge < -0.3 is 10.6 Å². The fourth-order valence-corrected chi connectivity index (χ4v) is 3.47. The van der Waals surface area contributed by atoms with Crippen LogP contribution in [0.2, 0.25) is 0 Å². The van der Waals surface area contributed by atoms with E-state index in [2.05, 4.69) is 17.9 Å². The van der Waals surface area contributed by atoms with E-state index < -0.39 is 0 Å². The number of nitrogens with one attached hydrogen (secondary N) is 1. The molecule has 1 aliphatic heterocycles. The van der Waals surface area contributed by atoms with Crippen molar-refractivity contribution in [2.24, 2.45) is 5.73 Å². The van der Waals surface area contributed by atoms with Gasteiger partial charge in [-0.2, -0.15) is 0 Å². The number of hydrogen-bond acceptors (Lipinski definition) is 3. The lowest BCUT2D eigenvalue weighted by Crippen LogP contribution is -2.35. The maximum atomic E-state index is 7.89. The first-order valence-corrected chi connectivity index (χ1v) is 7.80. The fraction of sp³-hybridized carbons (Fsp3) is 0.625. The molecule has 0 amide bonds. The molecule has 0 bridgehead atoms. The Morgan fingerprint density at radius 3 is 2.95 bits per heavy atom. The molecule has 2 heterocycles. The summed E-state index contributed by atoms with van der Waals surface area (Å²) in [6, 6.07) is 2.60. The van der Waals surface area contributed by atoms with Crippen molar-refractivity contribution >= 4 is 11.7 Å². The first-order chi connectivity index (χ1) is 9.66. The number of pyridine rings is 1. The summed E-state index contributed by atoms with van der Waals surface area (Å²) < 4.78 is 0. The molecule has 0 spiro atoms. The van der Waals surface area contributed by atoms with E-state index in [4.69, 9.17) is 16.1 Å². The minimum atomic E-state index is 0.152. The van der Waals surface area contributed by atoms with Crippen molar-refractivity contribution in [2.45, 2.75) is 57.9 Å². The molecular weight excluding hydrogens is 248 g/mol. The summed E-state index contributed by atoms with van der Waals surface area (Å²) in [6.07, 6.45) is 8.33. The van der Waals surface area contributed by atoms with Crippen LogP contribution in [0.3, 0.4) is 0 Å². The van der Waals surface area contributed by atoms with E-state index in [0.29, 0.717) is 6.04 Å². The van der Waals surface area contributed by atoms with Crippen molar-refractivity contribution in [2.75, 3.05) is 11.4 Å². The first-order valence-electron chi connectivity index (χ1n) is 7.80. The molecule has 4 heteroatoms. The number of rotatable bonds is 2. The SMILES string of the molecule is CC1CCCCCN1c1nc2c(cc1C(=N)N)CCC2. The third kappa shape index (κ3) is 2.39. The van der Waals surface area contributed by atoms with Gasteiger partial charge in [-0.25, -0.2) is 4.98 Å². The molecule has 108 valence electrons. The largest absolute Gasteiger partial charge is 0.384 e. The van der Waals surface area contributed by atoms with Crippen LogP contribution in [-0.2, 0) is 12.8 Å². The van der Waals surface area contributed by atoms with Gasteiger partial charge in [-0.15, -0.1) is 0 Å². The number of nitrogen functional groups attached to an aromatic ring is 1. The van der Waals surface area contributed by atoms with Crippen LogP contribution in [0.4, 0.5) is 5.82 Å². The van der Waals surface area contributed by atoms with Gasteiger partial charge in [-0.1, -0.05) is 12.8 Å². The van der Waals surface area contributed by atoms with Gasteiger partial charge in [-0.05, 0) is 50.7 Å². The maximum absolute atomic E-state index is 7.89. The molecule has 1 aromatic rings. The molecule has 20 heavy (non-hydrogen) atoms. The summed E-state index contributed by atoms with van der Waals surface area (Å²) >= 11 is 0. The molecule has 4 nitrogen and oxygen atoms in total. The number of fused-ring (bicyclic) bond motifs is 1. The van der Waals surface area contributed by atoms with E-state index in [9.17, 15) is 0 Å². The van der Waals surface area contributed by atoms with E-state index in [1.807, 2.05) is 0 Å². The Morgan fingerprint density at radius 2 is 2.15 bits per heavy atom. The lowest BCUT2D eigenvalue weighted by atomic mass is 10.1. The standard InChI is InChI=1S/C16H24N4/c1-11-6-3-2-4-9-20(11)16-13(15(17)18)10-12-7-5-8-14(12)19-16/h10-11H,2-9H2,1H3,(H3,17,18). The summed E-state index contributed by atoms with van der Waals surface area (Å²) in [5.41, 5.74) is 9.17. The lowest BCUT2D eigenvalue weighted by Gasteiger charge is -2.30. The van der Waals surface area contributed by atoms with Gasteiger partial charge in [0.05, 0.1) is 5.56 Å². The smallest absolute Gasteiger partial charge is 0.140 e. The number of hydrogen-bond donors (Lipinski definition) is 2. The van der Waals surface area contributed by atoms with Crippen LogP contribution in [-0.4, -0.2) is 23.4 Å². The van der Waals surface area contributed by atoms with Crippen LogP contribution < -0.4 is 10.6 Å². The summed E-state index contributed by atoms with van der Waals surface area (Å²) in [5.74, 6) is 1.10. The Labute approximate surface area is 120 Å². The number of anilines is 1. The van der Waals surface area contributed by atoms with E-state index in [1.165, 1.54) is 43.4 Å². The third-order valence-electron chi connectivity index (χ3n) is 4.65. The van der Waals surface area contributed by atoms with Gasteiger partial charge >= 0.3 is 0 Å². The van der Waals surface area contributed by atoms with Gasteiger partial charge in [0.15, 0.2) is 0 Å². The average Bonchev–Trinajstić information content (AvgIpc) is 2.78. The average molecular weight is 272 g/mol. The fourth-order valence-electron chi connectivity index (χ4n) is 3.47. The van der Waals surface area contributed by atoms with Gasteiger partial charge in [0, 0.05) is 18.3 Å². The molecule has 1 atom stereocenters. The van der Waals surface area contributed by atoms with E-state index in [0.717, 1.165) is 30.8 Å². The maximum Gasteiger partial charge on any atom is 0.140 e. The molecule has 1 aliphatic carbocycles. The molecule has 1 aromatic heterocycles. The molecular formula is C16H24N4. The minimum Gasteiger partial charge on any atom is -0.384 e. The van der Waals surface area contributed by atoms with Crippen molar-refractivity contribution in [1.82, 2.24) is 4.98 Å². The van der Waals surface area contributed by atoms with Crippen molar-refractivity contribution < 1.29 is 0 Å². The Morgan fingerprint density at radius 1 is 1.30 bits per heavy atom. The zero-order valence-corrected chi connectivity index (χ0v) is 12.3.